The van der Waals surface area contributed by atoms with Crippen molar-refractivity contribution in [3.05, 3.63) is 0 Å². The Balaban J connectivity index is 1.75. The molecule has 4 unspecified atom stereocenters. The van der Waals surface area contributed by atoms with Gasteiger partial charge in [-0.1, -0.05) is 26.2 Å². The molecule has 0 bridgehead atoms. The van der Waals surface area contributed by atoms with Crippen molar-refractivity contribution in [2.45, 2.75) is 70.4 Å². The first-order chi connectivity index (χ1) is 9.74. The van der Waals surface area contributed by atoms with Gasteiger partial charge in [0.25, 0.3) is 0 Å². The molecule has 4 nitrogen and oxygen atoms in total. The van der Waals surface area contributed by atoms with Gasteiger partial charge in [-0.2, -0.15) is 0 Å². The average molecular weight is 282 g/mol. The van der Waals surface area contributed by atoms with Crippen LogP contribution in [0.2, 0.25) is 0 Å². The minimum absolute atomic E-state index is 0.000910. The average Bonchev–Trinajstić information content (AvgIpc) is 2.50. The van der Waals surface area contributed by atoms with Crippen molar-refractivity contribution in [3.8, 4) is 0 Å². The summed E-state index contributed by atoms with van der Waals surface area (Å²) in [6, 6.07) is 0.564. The summed E-state index contributed by atoms with van der Waals surface area (Å²) in [4.78, 5) is 12.3. The van der Waals surface area contributed by atoms with E-state index in [-0.39, 0.29) is 18.6 Å². The van der Waals surface area contributed by atoms with Crippen LogP contribution in [-0.4, -0.2) is 36.2 Å². The summed E-state index contributed by atoms with van der Waals surface area (Å²) in [6.45, 7) is 3.01. The zero-order valence-corrected chi connectivity index (χ0v) is 12.7. The van der Waals surface area contributed by atoms with Crippen LogP contribution in [0, 0.1) is 11.8 Å². The number of fused-ring (bicyclic) bond motifs is 1. The van der Waals surface area contributed by atoms with Crippen molar-refractivity contribution in [2.24, 2.45) is 11.8 Å². The monoisotopic (exact) mass is 282 g/mol. The molecule has 116 valence electrons. The zero-order valence-electron chi connectivity index (χ0n) is 12.7. The highest BCUT2D eigenvalue weighted by atomic mass is 16.3. The van der Waals surface area contributed by atoms with Crippen LogP contribution < -0.4 is 10.6 Å². The van der Waals surface area contributed by atoms with Gasteiger partial charge in [0.1, 0.15) is 0 Å². The summed E-state index contributed by atoms with van der Waals surface area (Å²) in [5.74, 6) is 1.35. The van der Waals surface area contributed by atoms with E-state index in [0.29, 0.717) is 18.5 Å². The van der Waals surface area contributed by atoms with Crippen molar-refractivity contribution in [2.75, 3.05) is 13.2 Å². The third kappa shape index (κ3) is 4.19. The number of amides is 1. The quantitative estimate of drug-likeness (QED) is 0.696. The first-order valence-corrected chi connectivity index (χ1v) is 8.39. The fourth-order valence-electron chi connectivity index (χ4n) is 3.70. The van der Waals surface area contributed by atoms with Gasteiger partial charge in [0.2, 0.25) is 5.91 Å². The number of aliphatic hydroxyl groups is 1. The molecule has 0 spiro atoms. The summed E-state index contributed by atoms with van der Waals surface area (Å²) < 4.78 is 0. The number of piperidine rings is 1. The Morgan fingerprint density at radius 3 is 2.85 bits per heavy atom. The number of hydrogen-bond donors (Lipinski definition) is 3. The summed E-state index contributed by atoms with van der Waals surface area (Å²) >= 11 is 0. The Morgan fingerprint density at radius 1 is 1.30 bits per heavy atom. The Kier molecular flexibility index (Phi) is 6.30. The lowest BCUT2D eigenvalue weighted by Crippen LogP contribution is -2.55. The summed E-state index contributed by atoms with van der Waals surface area (Å²) in [7, 11) is 0. The summed E-state index contributed by atoms with van der Waals surface area (Å²) in [6.07, 6.45) is 9.18. The van der Waals surface area contributed by atoms with Crippen LogP contribution in [0.3, 0.4) is 0 Å². The van der Waals surface area contributed by atoms with Crippen LogP contribution >= 0.6 is 0 Å². The number of hydrogen-bond acceptors (Lipinski definition) is 3. The van der Waals surface area contributed by atoms with E-state index in [1.165, 1.54) is 32.1 Å². The zero-order chi connectivity index (χ0) is 14.4. The van der Waals surface area contributed by atoms with E-state index in [2.05, 4.69) is 17.6 Å². The standard InChI is InChI=1S/C16H30N2O2/c1-2-12(9-10-19)11-17-16(20)15-8-7-13-5-3-4-6-14(13)18-15/h12-15,18-19H,2-11H2,1H3,(H,17,20). The Labute approximate surface area is 122 Å². The van der Waals surface area contributed by atoms with Gasteiger partial charge in [0.15, 0.2) is 0 Å². The van der Waals surface area contributed by atoms with E-state index in [1.54, 1.807) is 0 Å². The molecule has 2 rings (SSSR count). The van der Waals surface area contributed by atoms with Gasteiger partial charge < -0.3 is 15.7 Å². The fourth-order valence-corrected chi connectivity index (χ4v) is 3.70. The van der Waals surface area contributed by atoms with Crippen LogP contribution in [-0.2, 0) is 4.79 Å². The molecule has 3 N–H and O–H groups in total. The van der Waals surface area contributed by atoms with Crippen LogP contribution in [0.1, 0.15) is 58.3 Å². The molecule has 4 atom stereocenters. The van der Waals surface area contributed by atoms with E-state index in [0.717, 1.165) is 25.2 Å². The maximum atomic E-state index is 12.3. The van der Waals surface area contributed by atoms with Crippen LogP contribution in [0.4, 0.5) is 0 Å². The molecule has 0 aromatic rings. The molecule has 1 amide bonds. The number of nitrogens with one attached hydrogen (secondary N) is 2. The molecule has 1 saturated carbocycles. The maximum Gasteiger partial charge on any atom is 0.237 e. The van der Waals surface area contributed by atoms with Crippen molar-refractivity contribution in [3.63, 3.8) is 0 Å². The number of aliphatic hydroxyl groups excluding tert-OH is 1. The number of carbonyl (C=O) groups excluding carboxylic acids is 1. The minimum Gasteiger partial charge on any atom is -0.396 e. The second-order valence-electron chi connectivity index (χ2n) is 6.48. The molecular formula is C16H30N2O2. The van der Waals surface area contributed by atoms with E-state index >= 15 is 0 Å². The van der Waals surface area contributed by atoms with Crippen LogP contribution in [0.25, 0.3) is 0 Å². The molecule has 20 heavy (non-hydrogen) atoms. The third-order valence-electron chi connectivity index (χ3n) is 5.15. The predicted octanol–water partition coefficient (Wildman–Crippen LogP) is 1.82. The van der Waals surface area contributed by atoms with Gasteiger partial charge >= 0.3 is 0 Å². The van der Waals surface area contributed by atoms with Gasteiger partial charge in [-0.25, -0.2) is 0 Å². The maximum absolute atomic E-state index is 12.3. The Morgan fingerprint density at radius 2 is 2.10 bits per heavy atom. The third-order valence-corrected chi connectivity index (χ3v) is 5.15. The summed E-state index contributed by atoms with van der Waals surface area (Å²) in [5.41, 5.74) is 0. The molecule has 1 aliphatic heterocycles. The molecule has 1 saturated heterocycles. The molecule has 1 heterocycles. The second-order valence-corrected chi connectivity index (χ2v) is 6.48. The molecule has 2 fully saturated rings. The lowest BCUT2D eigenvalue weighted by molar-refractivity contribution is -0.124. The van der Waals surface area contributed by atoms with Crippen molar-refractivity contribution in [1.29, 1.82) is 0 Å². The van der Waals surface area contributed by atoms with Crippen molar-refractivity contribution in [1.82, 2.24) is 10.6 Å². The molecule has 2 aliphatic rings. The normalized spacial score (nSPS) is 31.4. The van der Waals surface area contributed by atoms with Gasteiger partial charge in [-0.15, -0.1) is 0 Å². The van der Waals surface area contributed by atoms with Crippen molar-refractivity contribution >= 4 is 5.91 Å². The Bertz CT molecular complexity index is 309. The largest absolute Gasteiger partial charge is 0.396 e. The van der Waals surface area contributed by atoms with Crippen molar-refractivity contribution < 1.29 is 9.90 Å². The molecular weight excluding hydrogens is 252 g/mol. The highest BCUT2D eigenvalue weighted by molar-refractivity contribution is 5.81. The first kappa shape index (κ1) is 15.8. The number of carbonyl (C=O) groups is 1. The number of rotatable bonds is 6. The van der Waals surface area contributed by atoms with Gasteiger partial charge in [0.05, 0.1) is 6.04 Å². The lowest BCUT2D eigenvalue weighted by atomic mass is 9.77. The van der Waals surface area contributed by atoms with E-state index in [1.807, 2.05) is 0 Å². The molecule has 0 aromatic heterocycles. The highest BCUT2D eigenvalue weighted by Crippen LogP contribution is 2.32. The van der Waals surface area contributed by atoms with Crippen LogP contribution in [0.5, 0.6) is 0 Å². The van der Waals surface area contributed by atoms with E-state index in [4.69, 9.17) is 5.11 Å². The molecule has 0 aromatic carbocycles. The SMILES string of the molecule is CCC(CCO)CNC(=O)C1CCC2CCCCC2N1. The lowest BCUT2D eigenvalue weighted by Gasteiger charge is -2.40. The highest BCUT2D eigenvalue weighted by Gasteiger charge is 2.34. The van der Waals surface area contributed by atoms with Gasteiger partial charge in [0, 0.05) is 19.2 Å². The minimum atomic E-state index is 0.000910. The smallest absolute Gasteiger partial charge is 0.237 e. The second kappa shape index (κ2) is 7.99. The molecule has 0 radical (unpaired) electrons. The molecule has 1 aliphatic carbocycles. The fraction of sp³-hybridized carbons (Fsp3) is 0.938. The van der Waals surface area contributed by atoms with Gasteiger partial charge in [-0.3, -0.25) is 4.79 Å². The summed E-state index contributed by atoms with van der Waals surface area (Å²) in [5, 5.41) is 15.6. The van der Waals surface area contributed by atoms with Crippen LogP contribution in [0.15, 0.2) is 0 Å². The Hall–Kier alpha value is -0.610. The topological polar surface area (TPSA) is 61.4 Å². The van der Waals surface area contributed by atoms with E-state index in [9.17, 15) is 4.79 Å². The first-order valence-electron chi connectivity index (χ1n) is 8.39. The van der Waals surface area contributed by atoms with E-state index < -0.39 is 0 Å². The molecule has 4 heteroatoms. The predicted molar refractivity (Wildman–Crippen MR) is 80.4 cm³/mol. The van der Waals surface area contributed by atoms with Gasteiger partial charge in [-0.05, 0) is 43.9 Å².